The second-order valence-electron chi connectivity index (χ2n) is 5.27. The molecule has 1 aromatic rings. The van der Waals surface area contributed by atoms with Gasteiger partial charge in [-0.1, -0.05) is 13.8 Å². The van der Waals surface area contributed by atoms with Crippen molar-refractivity contribution in [3.05, 3.63) is 15.6 Å². The SMILES string of the molecule is Cc1nc(CC2(C(C)C)CCCN2)sc1C. The summed E-state index contributed by atoms with van der Waals surface area (Å²) in [6.07, 6.45) is 3.70. The van der Waals surface area contributed by atoms with E-state index in [1.807, 2.05) is 11.3 Å². The molecule has 1 fully saturated rings. The summed E-state index contributed by atoms with van der Waals surface area (Å²) >= 11 is 1.87. The molecule has 0 radical (unpaired) electrons. The molecule has 3 heteroatoms. The van der Waals surface area contributed by atoms with Gasteiger partial charge in [-0.3, -0.25) is 0 Å². The minimum absolute atomic E-state index is 0.302. The first-order chi connectivity index (χ1) is 7.53. The number of aryl methyl sites for hydroxylation is 2. The number of nitrogens with zero attached hydrogens (tertiary/aromatic N) is 1. The molecule has 1 aliphatic rings. The standard InChI is InChI=1S/C13H22N2S/c1-9(2)13(6-5-7-14-13)8-12-15-10(3)11(4)16-12/h9,14H,5-8H2,1-4H3. The lowest BCUT2D eigenvalue weighted by Gasteiger charge is -2.33. The van der Waals surface area contributed by atoms with Crippen LogP contribution in [0.1, 0.15) is 42.3 Å². The van der Waals surface area contributed by atoms with Gasteiger partial charge in [-0.15, -0.1) is 11.3 Å². The molecule has 1 aliphatic heterocycles. The van der Waals surface area contributed by atoms with Crippen LogP contribution in [0.5, 0.6) is 0 Å². The van der Waals surface area contributed by atoms with Crippen LogP contribution in [0, 0.1) is 19.8 Å². The first kappa shape index (κ1) is 12.1. The molecule has 1 N–H and O–H groups in total. The first-order valence-electron chi connectivity index (χ1n) is 6.21. The Labute approximate surface area is 102 Å². The van der Waals surface area contributed by atoms with Crippen molar-refractivity contribution >= 4 is 11.3 Å². The van der Waals surface area contributed by atoms with Crippen LogP contribution in [0.25, 0.3) is 0 Å². The van der Waals surface area contributed by atoms with Crippen molar-refractivity contribution in [1.82, 2.24) is 10.3 Å². The second-order valence-corrected chi connectivity index (χ2v) is 6.55. The molecule has 0 saturated carbocycles. The zero-order valence-corrected chi connectivity index (χ0v) is 11.6. The van der Waals surface area contributed by atoms with Crippen molar-refractivity contribution in [3.8, 4) is 0 Å². The Morgan fingerprint density at radius 1 is 1.44 bits per heavy atom. The topological polar surface area (TPSA) is 24.9 Å². The predicted molar refractivity (Wildman–Crippen MR) is 70.1 cm³/mol. The molecule has 0 bridgehead atoms. The summed E-state index contributed by atoms with van der Waals surface area (Å²) in [6, 6.07) is 0. The second kappa shape index (κ2) is 4.46. The fourth-order valence-corrected chi connectivity index (χ4v) is 3.62. The molecule has 90 valence electrons. The van der Waals surface area contributed by atoms with Gasteiger partial charge in [0, 0.05) is 16.8 Å². The first-order valence-corrected chi connectivity index (χ1v) is 7.03. The fourth-order valence-electron chi connectivity index (χ4n) is 2.56. The third-order valence-electron chi connectivity index (χ3n) is 3.92. The zero-order chi connectivity index (χ0) is 11.8. The quantitative estimate of drug-likeness (QED) is 0.875. The molecule has 2 nitrogen and oxygen atoms in total. The van der Waals surface area contributed by atoms with Crippen molar-refractivity contribution in [2.45, 2.75) is 52.5 Å². The Balaban J connectivity index is 2.17. The van der Waals surface area contributed by atoms with E-state index in [4.69, 9.17) is 0 Å². The van der Waals surface area contributed by atoms with Crippen molar-refractivity contribution in [2.75, 3.05) is 6.54 Å². The maximum absolute atomic E-state index is 4.68. The molecule has 1 unspecified atom stereocenters. The van der Waals surface area contributed by atoms with Gasteiger partial charge in [0.2, 0.25) is 0 Å². The smallest absolute Gasteiger partial charge is 0.0949 e. The lowest BCUT2D eigenvalue weighted by atomic mass is 9.82. The fraction of sp³-hybridized carbons (Fsp3) is 0.769. The summed E-state index contributed by atoms with van der Waals surface area (Å²) in [5.74, 6) is 0.680. The average Bonchev–Trinajstić information content (AvgIpc) is 2.77. The van der Waals surface area contributed by atoms with E-state index in [0.717, 1.165) is 6.42 Å². The monoisotopic (exact) mass is 238 g/mol. The van der Waals surface area contributed by atoms with Crippen LogP contribution in [0.2, 0.25) is 0 Å². The maximum atomic E-state index is 4.68. The molecule has 0 aliphatic carbocycles. The predicted octanol–water partition coefficient (Wildman–Crippen LogP) is 3.08. The van der Waals surface area contributed by atoms with Crippen LogP contribution < -0.4 is 5.32 Å². The van der Waals surface area contributed by atoms with Gasteiger partial charge >= 0.3 is 0 Å². The summed E-state index contributed by atoms with van der Waals surface area (Å²) < 4.78 is 0. The van der Waals surface area contributed by atoms with E-state index >= 15 is 0 Å². The van der Waals surface area contributed by atoms with Gasteiger partial charge in [0.05, 0.1) is 10.7 Å². The highest BCUT2D eigenvalue weighted by Gasteiger charge is 2.37. The summed E-state index contributed by atoms with van der Waals surface area (Å²) in [5.41, 5.74) is 1.51. The average molecular weight is 238 g/mol. The molecule has 0 spiro atoms. The minimum atomic E-state index is 0.302. The largest absolute Gasteiger partial charge is 0.311 e. The number of rotatable bonds is 3. The molecule has 2 rings (SSSR count). The summed E-state index contributed by atoms with van der Waals surface area (Å²) in [6.45, 7) is 10.1. The van der Waals surface area contributed by atoms with E-state index in [-0.39, 0.29) is 0 Å². The summed E-state index contributed by atoms with van der Waals surface area (Å²) in [5, 5.41) is 5.02. The van der Waals surface area contributed by atoms with Gasteiger partial charge in [0.1, 0.15) is 0 Å². The van der Waals surface area contributed by atoms with Gasteiger partial charge in [0.25, 0.3) is 0 Å². The van der Waals surface area contributed by atoms with Crippen molar-refractivity contribution in [1.29, 1.82) is 0 Å². The molecular formula is C13H22N2S. The molecule has 1 saturated heterocycles. The van der Waals surface area contributed by atoms with E-state index in [1.54, 1.807) is 0 Å². The van der Waals surface area contributed by atoms with Gasteiger partial charge in [-0.25, -0.2) is 4.98 Å². The Morgan fingerprint density at radius 2 is 2.19 bits per heavy atom. The van der Waals surface area contributed by atoms with Gasteiger partial charge in [-0.05, 0) is 39.2 Å². The highest BCUT2D eigenvalue weighted by Crippen LogP contribution is 2.32. The van der Waals surface area contributed by atoms with E-state index in [1.165, 1.54) is 35.0 Å². The molecule has 2 heterocycles. The number of hydrogen-bond acceptors (Lipinski definition) is 3. The van der Waals surface area contributed by atoms with Gasteiger partial charge in [0.15, 0.2) is 0 Å². The Bertz CT molecular complexity index is 343. The van der Waals surface area contributed by atoms with E-state index in [0.29, 0.717) is 11.5 Å². The van der Waals surface area contributed by atoms with Gasteiger partial charge < -0.3 is 5.32 Å². The van der Waals surface area contributed by atoms with Crippen LogP contribution in [0.4, 0.5) is 0 Å². The van der Waals surface area contributed by atoms with Crippen LogP contribution in [0.15, 0.2) is 0 Å². The van der Waals surface area contributed by atoms with E-state index in [9.17, 15) is 0 Å². The molecule has 0 aromatic carbocycles. The lowest BCUT2D eigenvalue weighted by molar-refractivity contribution is 0.269. The normalized spacial score (nSPS) is 25.6. The maximum Gasteiger partial charge on any atom is 0.0949 e. The lowest BCUT2D eigenvalue weighted by Crippen LogP contribution is -2.46. The van der Waals surface area contributed by atoms with Crippen LogP contribution in [-0.2, 0) is 6.42 Å². The molecular weight excluding hydrogens is 216 g/mol. The molecule has 0 amide bonds. The minimum Gasteiger partial charge on any atom is -0.311 e. The Morgan fingerprint density at radius 3 is 2.62 bits per heavy atom. The molecule has 1 aromatic heterocycles. The zero-order valence-electron chi connectivity index (χ0n) is 10.8. The number of nitrogens with one attached hydrogen (secondary N) is 1. The van der Waals surface area contributed by atoms with Crippen LogP contribution >= 0.6 is 11.3 Å². The third kappa shape index (κ3) is 2.16. The Hall–Kier alpha value is -0.410. The van der Waals surface area contributed by atoms with Crippen molar-refractivity contribution < 1.29 is 0 Å². The van der Waals surface area contributed by atoms with Crippen molar-refractivity contribution in [3.63, 3.8) is 0 Å². The van der Waals surface area contributed by atoms with E-state index in [2.05, 4.69) is 38.0 Å². The molecule has 16 heavy (non-hydrogen) atoms. The number of thiazole rings is 1. The number of aromatic nitrogens is 1. The summed E-state index contributed by atoms with van der Waals surface area (Å²) in [7, 11) is 0. The Kier molecular flexibility index (Phi) is 3.36. The third-order valence-corrected chi connectivity index (χ3v) is 4.99. The van der Waals surface area contributed by atoms with E-state index < -0.39 is 0 Å². The van der Waals surface area contributed by atoms with Crippen LogP contribution in [-0.4, -0.2) is 17.1 Å². The van der Waals surface area contributed by atoms with Crippen molar-refractivity contribution in [2.24, 2.45) is 5.92 Å². The number of hydrogen-bond donors (Lipinski definition) is 1. The van der Waals surface area contributed by atoms with Crippen LogP contribution in [0.3, 0.4) is 0 Å². The highest BCUT2D eigenvalue weighted by molar-refractivity contribution is 7.11. The molecule has 1 atom stereocenters. The highest BCUT2D eigenvalue weighted by atomic mass is 32.1. The summed E-state index contributed by atoms with van der Waals surface area (Å²) in [4.78, 5) is 6.05. The van der Waals surface area contributed by atoms with Gasteiger partial charge in [-0.2, -0.15) is 0 Å².